The monoisotopic (exact) mass is 279 g/mol. The first-order valence-corrected chi connectivity index (χ1v) is 7.17. The number of amides is 1. The highest BCUT2D eigenvalue weighted by molar-refractivity contribution is 5.91. The van der Waals surface area contributed by atoms with E-state index in [0.717, 1.165) is 11.1 Å². The summed E-state index contributed by atoms with van der Waals surface area (Å²) >= 11 is 0. The summed E-state index contributed by atoms with van der Waals surface area (Å²) in [5, 5.41) is 3.00. The third-order valence-corrected chi connectivity index (χ3v) is 3.48. The van der Waals surface area contributed by atoms with Crippen LogP contribution in [0.5, 0.6) is 0 Å². The minimum Gasteiger partial charge on any atom is -0.346 e. The number of benzene rings is 2. The molecule has 1 atom stereocenters. The van der Waals surface area contributed by atoms with Crippen molar-refractivity contribution >= 4 is 12.0 Å². The molecule has 2 nitrogen and oxygen atoms in total. The Morgan fingerprint density at radius 2 is 1.81 bits per heavy atom. The van der Waals surface area contributed by atoms with Gasteiger partial charge in [0.1, 0.15) is 0 Å². The van der Waals surface area contributed by atoms with Crippen LogP contribution in [-0.2, 0) is 4.79 Å². The molecule has 0 aromatic heterocycles. The van der Waals surface area contributed by atoms with E-state index in [4.69, 9.17) is 0 Å². The first kappa shape index (κ1) is 15.0. The van der Waals surface area contributed by atoms with Gasteiger partial charge in [0.05, 0.1) is 6.04 Å². The first-order chi connectivity index (χ1) is 10.1. The van der Waals surface area contributed by atoms with Crippen molar-refractivity contribution in [1.82, 2.24) is 5.32 Å². The number of nitrogens with one attached hydrogen (secondary N) is 1. The summed E-state index contributed by atoms with van der Waals surface area (Å²) in [6, 6.07) is 16.1. The van der Waals surface area contributed by atoms with Crippen LogP contribution < -0.4 is 5.32 Å². The van der Waals surface area contributed by atoms with Crippen molar-refractivity contribution in [1.29, 1.82) is 0 Å². The lowest BCUT2D eigenvalue weighted by Gasteiger charge is -2.16. The van der Waals surface area contributed by atoms with E-state index in [9.17, 15) is 4.79 Å². The summed E-state index contributed by atoms with van der Waals surface area (Å²) in [5.74, 6) is -0.0775. The fourth-order valence-electron chi connectivity index (χ4n) is 2.39. The Morgan fingerprint density at radius 1 is 1.10 bits per heavy atom. The molecular formula is C19H21NO. The highest BCUT2D eigenvalue weighted by atomic mass is 16.1. The van der Waals surface area contributed by atoms with Gasteiger partial charge in [-0.25, -0.2) is 0 Å². The first-order valence-electron chi connectivity index (χ1n) is 7.17. The third kappa shape index (κ3) is 4.32. The molecule has 0 aliphatic rings. The standard InChI is InChI=1S/C19H21NO/c1-14-9-11-18(15(2)13-14)16(3)20-19(21)12-10-17-7-5-4-6-8-17/h4-13,16H,1-3H3,(H,20,21)/b12-10+. The normalized spacial score (nSPS) is 12.3. The van der Waals surface area contributed by atoms with Crippen LogP contribution in [0, 0.1) is 13.8 Å². The number of rotatable bonds is 4. The molecule has 0 fully saturated rings. The topological polar surface area (TPSA) is 29.1 Å². The highest BCUT2D eigenvalue weighted by Crippen LogP contribution is 2.18. The lowest BCUT2D eigenvalue weighted by molar-refractivity contribution is -0.117. The van der Waals surface area contributed by atoms with Gasteiger partial charge in [0.2, 0.25) is 5.91 Å². The Bertz CT molecular complexity index is 644. The quantitative estimate of drug-likeness (QED) is 0.835. The second-order valence-electron chi connectivity index (χ2n) is 5.33. The summed E-state index contributed by atoms with van der Waals surface area (Å²) in [6.07, 6.45) is 3.40. The van der Waals surface area contributed by atoms with Gasteiger partial charge in [0.25, 0.3) is 0 Å². The second kappa shape index (κ2) is 6.89. The Balaban J connectivity index is 2.00. The van der Waals surface area contributed by atoms with E-state index >= 15 is 0 Å². The fourth-order valence-corrected chi connectivity index (χ4v) is 2.39. The van der Waals surface area contributed by atoms with Gasteiger partial charge in [-0.05, 0) is 43.5 Å². The van der Waals surface area contributed by atoms with E-state index in [0.29, 0.717) is 0 Å². The maximum absolute atomic E-state index is 12.0. The molecule has 0 radical (unpaired) electrons. The highest BCUT2D eigenvalue weighted by Gasteiger charge is 2.09. The van der Waals surface area contributed by atoms with E-state index < -0.39 is 0 Å². The van der Waals surface area contributed by atoms with E-state index in [1.165, 1.54) is 11.1 Å². The third-order valence-electron chi connectivity index (χ3n) is 3.48. The predicted molar refractivity (Wildman–Crippen MR) is 87.9 cm³/mol. The lowest BCUT2D eigenvalue weighted by atomic mass is 10.0. The zero-order valence-electron chi connectivity index (χ0n) is 12.8. The lowest BCUT2D eigenvalue weighted by Crippen LogP contribution is -2.25. The van der Waals surface area contributed by atoms with E-state index in [2.05, 4.69) is 37.4 Å². The van der Waals surface area contributed by atoms with Crippen LogP contribution in [0.15, 0.2) is 54.6 Å². The summed E-state index contributed by atoms with van der Waals surface area (Å²) in [6.45, 7) is 6.15. The van der Waals surface area contributed by atoms with Crippen LogP contribution in [0.4, 0.5) is 0 Å². The van der Waals surface area contributed by atoms with Gasteiger partial charge in [0, 0.05) is 6.08 Å². The van der Waals surface area contributed by atoms with Crippen LogP contribution >= 0.6 is 0 Å². The van der Waals surface area contributed by atoms with Gasteiger partial charge in [-0.1, -0.05) is 54.1 Å². The van der Waals surface area contributed by atoms with E-state index in [-0.39, 0.29) is 11.9 Å². The number of carbonyl (C=O) groups is 1. The number of aryl methyl sites for hydroxylation is 2. The molecular weight excluding hydrogens is 258 g/mol. The zero-order chi connectivity index (χ0) is 15.2. The average Bonchev–Trinajstić information content (AvgIpc) is 2.46. The average molecular weight is 279 g/mol. The van der Waals surface area contributed by atoms with Crippen LogP contribution in [-0.4, -0.2) is 5.91 Å². The Kier molecular flexibility index (Phi) is 4.94. The van der Waals surface area contributed by atoms with Crippen molar-refractivity contribution in [2.24, 2.45) is 0 Å². The van der Waals surface area contributed by atoms with Gasteiger partial charge < -0.3 is 5.32 Å². The number of hydrogen-bond donors (Lipinski definition) is 1. The van der Waals surface area contributed by atoms with Crippen molar-refractivity contribution < 1.29 is 4.79 Å². The van der Waals surface area contributed by atoms with Crippen LogP contribution in [0.1, 0.15) is 35.2 Å². The van der Waals surface area contributed by atoms with Crippen molar-refractivity contribution in [2.45, 2.75) is 26.8 Å². The summed E-state index contributed by atoms with van der Waals surface area (Å²) < 4.78 is 0. The largest absolute Gasteiger partial charge is 0.346 e. The molecule has 0 bridgehead atoms. The smallest absolute Gasteiger partial charge is 0.244 e. The van der Waals surface area contributed by atoms with Crippen molar-refractivity contribution in [3.8, 4) is 0 Å². The molecule has 0 spiro atoms. The molecule has 108 valence electrons. The predicted octanol–water partition coefficient (Wildman–Crippen LogP) is 4.19. The zero-order valence-corrected chi connectivity index (χ0v) is 12.8. The van der Waals surface area contributed by atoms with Gasteiger partial charge in [-0.2, -0.15) is 0 Å². The van der Waals surface area contributed by atoms with Crippen molar-refractivity contribution in [3.63, 3.8) is 0 Å². The fraction of sp³-hybridized carbons (Fsp3) is 0.211. The Hall–Kier alpha value is -2.35. The maximum atomic E-state index is 12.0. The molecule has 0 saturated carbocycles. The van der Waals surface area contributed by atoms with Crippen LogP contribution in [0.2, 0.25) is 0 Å². The molecule has 2 heteroatoms. The maximum Gasteiger partial charge on any atom is 0.244 e. The summed E-state index contributed by atoms with van der Waals surface area (Å²) in [7, 11) is 0. The molecule has 0 aliphatic heterocycles. The minimum absolute atomic E-state index is 0.00137. The van der Waals surface area contributed by atoms with Crippen molar-refractivity contribution in [2.75, 3.05) is 0 Å². The van der Waals surface area contributed by atoms with Crippen LogP contribution in [0.3, 0.4) is 0 Å². The summed E-state index contributed by atoms with van der Waals surface area (Å²) in [5.41, 5.74) is 4.61. The molecule has 0 heterocycles. The molecule has 21 heavy (non-hydrogen) atoms. The van der Waals surface area contributed by atoms with Gasteiger partial charge >= 0.3 is 0 Å². The van der Waals surface area contributed by atoms with Gasteiger partial charge in [0.15, 0.2) is 0 Å². The van der Waals surface area contributed by atoms with Crippen molar-refractivity contribution in [3.05, 3.63) is 76.9 Å². The molecule has 0 aliphatic carbocycles. The SMILES string of the molecule is Cc1ccc(C(C)NC(=O)/C=C/c2ccccc2)c(C)c1. The Morgan fingerprint density at radius 3 is 2.48 bits per heavy atom. The number of carbonyl (C=O) groups excluding carboxylic acids is 1. The molecule has 1 unspecified atom stereocenters. The Labute approximate surface area is 126 Å². The van der Waals surface area contributed by atoms with E-state index in [1.807, 2.05) is 43.3 Å². The molecule has 2 aromatic rings. The van der Waals surface area contributed by atoms with E-state index in [1.54, 1.807) is 6.08 Å². The summed E-state index contributed by atoms with van der Waals surface area (Å²) in [4.78, 5) is 12.0. The molecule has 2 aromatic carbocycles. The number of hydrogen-bond acceptors (Lipinski definition) is 1. The molecule has 1 N–H and O–H groups in total. The minimum atomic E-state index is -0.0775. The molecule has 0 saturated heterocycles. The van der Waals surface area contributed by atoms with Gasteiger partial charge in [-0.15, -0.1) is 0 Å². The van der Waals surface area contributed by atoms with Crippen LogP contribution in [0.25, 0.3) is 6.08 Å². The second-order valence-corrected chi connectivity index (χ2v) is 5.33. The van der Waals surface area contributed by atoms with Gasteiger partial charge in [-0.3, -0.25) is 4.79 Å². The molecule has 1 amide bonds. The molecule has 2 rings (SSSR count).